The number of phenols is 1. The number of nitrogens with zero attached hydrogens (tertiary/aromatic N) is 1. The smallest absolute Gasteiger partial charge is 0.414 e. The second-order valence-corrected chi connectivity index (χ2v) is 14.7. The number of hydrogen-bond donors (Lipinski definition) is 5. The molecule has 0 heterocycles. The summed E-state index contributed by atoms with van der Waals surface area (Å²) in [7, 11) is 1.31. The number of unbranched alkanes of at least 4 members (excludes halogenated alkanes) is 2. The summed E-state index contributed by atoms with van der Waals surface area (Å²) in [6.45, 7) is 6.95. The maximum absolute atomic E-state index is 14.0. The first kappa shape index (κ1) is 45.5. The summed E-state index contributed by atoms with van der Waals surface area (Å²) >= 11 is 1.50. The minimum atomic E-state index is -1.15. The fraction of sp³-hybridized carbons (Fsp3) is 0.538. The Labute approximate surface area is 322 Å². The van der Waals surface area contributed by atoms with Crippen molar-refractivity contribution >= 4 is 47.5 Å². The molecule has 2 aromatic rings. The number of hydrogen-bond acceptors (Lipinski definition) is 11. The second kappa shape index (κ2) is 23.9. The Morgan fingerprint density at radius 2 is 1.52 bits per heavy atom. The molecule has 2 rings (SSSR count). The number of benzene rings is 2. The SMILES string of the molecule is CCN[C@@H](Cc1ccc(O)cc1)C(=O)N[C@H](CCSC)C(=O)NCC(=O)N(CCCCCC(=O)OC)[C@@H](Cc1ccccc1)C(=O)NC(=O)OC(C)(C)C. The van der Waals surface area contributed by atoms with Crippen LogP contribution in [0.3, 0.4) is 0 Å². The number of ether oxygens (including phenoxy) is 2. The van der Waals surface area contributed by atoms with Crippen LogP contribution in [-0.2, 0) is 46.3 Å². The fourth-order valence-electron chi connectivity index (χ4n) is 5.49. The zero-order valence-electron chi connectivity index (χ0n) is 32.3. The molecule has 0 bridgehead atoms. The van der Waals surface area contributed by atoms with Crippen LogP contribution in [0.4, 0.5) is 4.79 Å². The quantitative estimate of drug-likeness (QED) is 0.0870. The third-order valence-electron chi connectivity index (χ3n) is 8.20. The topological polar surface area (TPSA) is 192 Å². The first-order valence-electron chi connectivity index (χ1n) is 18.2. The lowest BCUT2D eigenvalue weighted by Crippen LogP contribution is -2.57. The van der Waals surface area contributed by atoms with Gasteiger partial charge in [-0.1, -0.05) is 55.8 Å². The number of nitrogens with one attached hydrogen (secondary N) is 4. The van der Waals surface area contributed by atoms with Crippen molar-refractivity contribution in [1.29, 1.82) is 0 Å². The van der Waals surface area contributed by atoms with E-state index in [4.69, 9.17) is 9.47 Å². The van der Waals surface area contributed by atoms with Crippen molar-refractivity contribution in [2.75, 3.05) is 38.8 Å². The van der Waals surface area contributed by atoms with Gasteiger partial charge in [-0.05, 0) is 88.3 Å². The van der Waals surface area contributed by atoms with Crippen molar-refractivity contribution in [3.63, 3.8) is 0 Å². The Morgan fingerprint density at radius 3 is 2.13 bits per heavy atom. The fourth-order valence-corrected chi connectivity index (χ4v) is 5.96. The van der Waals surface area contributed by atoms with Gasteiger partial charge in [0.2, 0.25) is 17.7 Å². The number of carbonyl (C=O) groups is 6. The summed E-state index contributed by atoms with van der Waals surface area (Å²) in [6, 6.07) is 12.8. The summed E-state index contributed by atoms with van der Waals surface area (Å²) in [5.74, 6) is -1.99. The Hall–Kier alpha value is -4.63. The maximum atomic E-state index is 14.0. The van der Waals surface area contributed by atoms with E-state index < -0.39 is 60.0 Å². The monoisotopic (exact) mass is 771 g/mol. The average Bonchev–Trinajstić information content (AvgIpc) is 3.12. The van der Waals surface area contributed by atoms with Crippen molar-refractivity contribution in [3.05, 3.63) is 65.7 Å². The molecule has 3 atom stereocenters. The molecular weight excluding hydrogens is 715 g/mol. The van der Waals surface area contributed by atoms with Gasteiger partial charge in [0, 0.05) is 19.4 Å². The van der Waals surface area contributed by atoms with Crippen LogP contribution in [-0.4, -0.2) is 108 Å². The van der Waals surface area contributed by atoms with E-state index in [2.05, 4.69) is 21.3 Å². The van der Waals surface area contributed by atoms with Crippen molar-refractivity contribution in [2.45, 2.75) is 96.4 Å². The molecule has 15 heteroatoms. The van der Waals surface area contributed by atoms with Crippen molar-refractivity contribution in [1.82, 2.24) is 26.2 Å². The molecule has 0 radical (unpaired) electrons. The molecule has 0 aromatic heterocycles. The number of carbonyl (C=O) groups excluding carboxylic acids is 6. The third kappa shape index (κ3) is 17.5. The van der Waals surface area contributed by atoms with Gasteiger partial charge in [0.05, 0.1) is 19.7 Å². The molecule has 0 unspecified atom stereocenters. The molecular formula is C39H57N5O9S. The first-order chi connectivity index (χ1) is 25.7. The highest BCUT2D eigenvalue weighted by atomic mass is 32.2. The molecule has 0 saturated heterocycles. The number of imide groups is 1. The Bertz CT molecular complexity index is 1500. The van der Waals surface area contributed by atoms with Crippen LogP contribution < -0.4 is 21.3 Å². The molecule has 298 valence electrons. The predicted octanol–water partition coefficient (Wildman–Crippen LogP) is 3.49. The average molecular weight is 772 g/mol. The number of aromatic hydroxyl groups is 1. The van der Waals surface area contributed by atoms with Crippen molar-refractivity contribution < 1.29 is 43.3 Å². The molecule has 14 nitrogen and oxygen atoms in total. The number of amides is 5. The van der Waals surface area contributed by atoms with Gasteiger partial charge in [0.15, 0.2) is 0 Å². The predicted molar refractivity (Wildman–Crippen MR) is 208 cm³/mol. The Morgan fingerprint density at radius 1 is 0.852 bits per heavy atom. The normalized spacial score (nSPS) is 12.8. The van der Waals surface area contributed by atoms with Gasteiger partial charge in [-0.3, -0.25) is 29.3 Å². The molecule has 2 aromatic carbocycles. The molecule has 0 saturated carbocycles. The van der Waals surface area contributed by atoms with Crippen LogP contribution in [0.1, 0.15) is 70.9 Å². The number of esters is 1. The van der Waals surface area contributed by atoms with Crippen LogP contribution in [0, 0.1) is 0 Å². The van der Waals surface area contributed by atoms with Gasteiger partial charge >= 0.3 is 12.1 Å². The van der Waals surface area contributed by atoms with E-state index >= 15 is 0 Å². The number of rotatable bonds is 22. The highest BCUT2D eigenvalue weighted by molar-refractivity contribution is 7.98. The lowest BCUT2D eigenvalue weighted by molar-refractivity contribution is -0.141. The third-order valence-corrected chi connectivity index (χ3v) is 8.85. The molecule has 5 N–H and O–H groups in total. The van der Waals surface area contributed by atoms with Gasteiger partial charge in [0.1, 0.15) is 23.4 Å². The zero-order valence-corrected chi connectivity index (χ0v) is 33.1. The molecule has 0 aliphatic carbocycles. The van der Waals surface area contributed by atoms with Gasteiger partial charge in [0.25, 0.3) is 5.91 Å². The molecule has 5 amide bonds. The van der Waals surface area contributed by atoms with Gasteiger partial charge in [-0.15, -0.1) is 0 Å². The van der Waals surface area contributed by atoms with Gasteiger partial charge in [-0.25, -0.2) is 4.79 Å². The lowest BCUT2D eigenvalue weighted by Gasteiger charge is -2.32. The highest BCUT2D eigenvalue weighted by Gasteiger charge is 2.33. The van der Waals surface area contributed by atoms with E-state index in [0.29, 0.717) is 44.4 Å². The van der Waals surface area contributed by atoms with E-state index in [-0.39, 0.29) is 31.1 Å². The summed E-state index contributed by atoms with van der Waals surface area (Å²) in [4.78, 5) is 80.5. The van der Waals surface area contributed by atoms with E-state index in [1.807, 2.05) is 19.2 Å². The Balaban J connectivity index is 2.30. The van der Waals surface area contributed by atoms with Crippen LogP contribution in [0.2, 0.25) is 0 Å². The molecule has 0 fully saturated rings. The summed E-state index contributed by atoms with van der Waals surface area (Å²) in [6.07, 6.45) is 3.25. The van der Waals surface area contributed by atoms with Crippen LogP contribution in [0.5, 0.6) is 5.75 Å². The number of phenolic OH excluding ortho intramolecular Hbond substituents is 1. The number of thioether (sulfide) groups is 1. The highest BCUT2D eigenvalue weighted by Crippen LogP contribution is 2.15. The van der Waals surface area contributed by atoms with Crippen LogP contribution >= 0.6 is 11.8 Å². The van der Waals surface area contributed by atoms with E-state index in [9.17, 15) is 33.9 Å². The molecule has 0 spiro atoms. The lowest BCUT2D eigenvalue weighted by atomic mass is 10.0. The number of likely N-dealkylation sites (N-methyl/N-ethyl adjacent to an activating group) is 1. The van der Waals surface area contributed by atoms with E-state index in [1.165, 1.54) is 23.8 Å². The minimum absolute atomic E-state index is 0.0660. The first-order valence-corrected chi connectivity index (χ1v) is 19.6. The molecule has 54 heavy (non-hydrogen) atoms. The summed E-state index contributed by atoms with van der Waals surface area (Å²) in [5.41, 5.74) is 0.673. The summed E-state index contributed by atoms with van der Waals surface area (Å²) in [5, 5.41) is 20.6. The molecule has 0 aliphatic rings. The standard InChI is InChI=1S/C39H57N5O9S/c1-7-40-31(24-28-17-19-29(45)20-18-28)36(49)42-30(21-23-54-6)35(48)41-26-33(46)44(22-13-9-12-16-34(47)52-5)32(25-27-14-10-8-11-15-27)37(50)43-38(51)53-39(2,3)4/h8,10-11,14-15,17-20,30-32,40,45H,7,9,12-13,16,21-26H2,1-6H3,(H,41,48)(H,42,49)(H,43,50,51)/t30-,31+,32+/m1/s1. The molecule has 0 aliphatic heterocycles. The number of alkyl carbamates (subject to hydrolysis) is 1. The van der Waals surface area contributed by atoms with Gasteiger partial charge < -0.3 is 35.4 Å². The number of methoxy groups -OCH3 is 1. The van der Waals surface area contributed by atoms with Crippen molar-refractivity contribution in [2.24, 2.45) is 0 Å². The van der Waals surface area contributed by atoms with Crippen molar-refractivity contribution in [3.8, 4) is 5.75 Å². The largest absolute Gasteiger partial charge is 0.508 e. The van der Waals surface area contributed by atoms with Crippen LogP contribution in [0.15, 0.2) is 54.6 Å². The second-order valence-electron chi connectivity index (χ2n) is 13.7. The minimum Gasteiger partial charge on any atom is -0.508 e. The van der Waals surface area contributed by atoms with Crippen LogP contribution in [0.25, 0.3) is 0 Å². The van der Waals surface area contributed by atoms with E-state index in [1.54, 1.807) is 69.3 Å². The zero-order chi connectivity index (χ0) is 40.1. The maximum Gasteiger partial charge on any atom is 0.414 e. The Kier molecular flexibility index (Phi) is 20.2. The van der Waals surface area contributed by atoms with E-state index in [0.717, 1.165) is 11.1 Å². The van der Waals surface area contributed by atoms with Gasteiger partial charge in [-0.2, -0.15) is 11.8 Å². The summed E-state index contributed by atoms with van der Waals surface area (Å²) < 4.78 is 10.0.